The number of ketones is 1. The fourth-order valence-corrected chi connectivity index (χ4v) is 5.48. The van der Waals surface area contributed by atoms with E-state index in [4.69, 9.17) is 11.6 Å². The van der Waals surface area contributed by atoms with Crippen LogP contribution in [0.1, 0.15) is 29.7 Å². The second-order valence-electron chi connectivity index (χ2n) is 7.88. The van der Waals surface area contributed by atoms with Crippen LogP contribution in [0.25, 0.3) is 16.0 Å². The minimum absolute atomic E-state index is 0.0168. The number of carbonyl (C=O) groups is 2. The highest BCUT2D eigenvalue weighted by Crippen LogP contribution is 2.44. The zero-order valence-electron chi connectivity index (χ0n) is 18.0. The molecular weight excluding hydrogens is 536 g/mol. The lowest BCUT2D eigenvalue weighted by atomic mass is 9.95. The van der Waals surface area contributed by atoms with Crippen LogP contribution in [-0.2, 0) is 16.0 Å². The van der Waals surface area contributed by atoms with E-state index in [9.17, 15) is 14.7 Å². The summed E-state index contributed by atoms with van der Waals surface area (Å²) in [6.07, 6.45) is 0.883. The van der Waals surface area contributed by atoms with Crippen molar-refractivity contribution in [2.45, 2.75) is 19.4 Å². The number of anilines is 1. The van der Waals surface area contributed by atoms with E-state index in [0.717, 1.165) is 26.7 Å². The van der Waals surface area contributed by atoms with Crippen LogP contribution in [0.15, 0.2) is 76.8 Å². The van der Waals surface area contributed by atoms with Gasteiger partial charge in [0.15, 0.2) is 5.13 Å². The van der Waals surface area contributed by atoms with Crippen LogP contribution in [-0.4, -0.2) is 21.8 Å². The Bertz CT molecular complexity index is 1460. The number of benzene rings is 3. The van der Waals surface area contributed by atoms with Crippen LogP contribution in [0, 0.1) is 0 Å². The SMILES string of the molecule is CCc1ccc2nc(N3C(=O)C(=O)/C(=C(/O)c4ccc(Cl)cc4)[C@H]3c3ccc(Br)cc3)sc2c1. The van der Waals surface area contributed by atoms with Gasteiger partial charge >= 0.3 is 5.91 Å². The Balaban J connectivity index is 1.71. The van der Waals surface area contributed by atoms with E-state index < -0.39 is 17.7 Å². The molecule has 3 aromatic carbocycles. The molecule has 34 heavy (non-hydrogen) atoms. The standard InChI is InChI=1S/C26H18BrClN2O3S/c1-2-14-3-12-19-20(13-14)34-26(29-19)30-22(15-4-8-17(27)9-5-15)21(24(32)25(30)33)23(31)16-6-10-18(28)11-7-16/h3-13,22,31H,2H2,1H3/b23-21+/t22-/m1/s1. The maximum Gasteiger partial charge on any atom is 0.301 e. The number of rotatable bonds is 4. The van der Waals surface area contributed by atoms with Gasteiger partial charge in [-0.05, 0) is 66.1 Å². The molecule has 0 unspecified atom stereocenters. The number of aliphatic hydroxyl groups excluding tert-OH is 1. The molecule has 1 atom stereocenters. The third-order valence-corrected chi connectivity index (χ3v) is 7.60. The van der Waals surface area contributed by atoms with Crippen LogP contribution in [0.2, 0.25) is 5.02 Å². The van der Waals surface area contributed by atoms with Gasteiger partial charge in [-0.1, -0.05) is 64.0 Å². The molecule has 1 fully saturated rings. The smallest absolute Gasteiger partial charge is 0.301 e. The predicted molar refractivity (Wildman–Crippen MR) is 139 cm³/mol. The molecule has 5 rings (SSSR count). The second-order valence-corrected chi connectivity index (χ2v) is 10.2. The van der Waals surface area contributed by atoms with Gasteiger partial charge in [-0.15, -0.1) is 0 Å². The van der Waals surface area contributed by atoms with Crippen LogP contribution in [0.5, 0.6) is 0 Å². The van der Waals surface area contributed by atoms with Gasteiger partial charge < -0.3 is 5.11 Å². The number of hydrogen-bond donors (Lipinski definition) is 1. The first-order valence-electron chi connectivity index (χ1n) is 10.6. The number of aliphatic hydroxyl groups is 1. The molecule has 4 aromatic rings. The summed E-state index contributed by atoms with van der Waals surface area (Å²) < 4.78 is 1.79. The highest BCUT2D eigenvalue weighted by molar-refractivity contribution is 9.10. The van der Waals surface area contributed by atoms with Crippen molar-refractivity contribution in [3.63, 3.8) is 0 Å². The molecule has 0 aliphatic carbocycles. The summed E-state index contributed by atoms with van der Waals surface area (Å²) in [6.45, 7) is 2.08. The van der Waals surface area contributed by atoms with E-state index in [1.165, 1.54) is 16.2 Å². The minimum Gasteiger partial charge on any atom is -0.507 e. The average Bonchev–Trinajstić information content (AvgIpc) is 3.37. The first kappa shape index (κ1) is 22.8. The van der Waals surface area contributed by atoms with Crippen molar-refractivity contribution in [2.24, 2.45) is 0 Å². The maximum atomic E-state index is 13.3. The predicted octanol–water partition coefficient (Wildman–Crippen LogP) is 6.90. The van der Waals surface area contributed by atoms with Crippen molar-refractivity contribution >= 4 is 71.7 Å². The Labute approximate surface area is 213 Å². The molecular formula is C26H18BrClN2O3S. The molecule has 1 amide bonds. The summed E-state index contributed by atoms with van der Waals surface area (Å²) in [5.74, 6) is -1.73. The highest BCUT2D eigenvalue weighted by Gasteiger charge is 2.48. The van der Waals surface area contributed by atoms with Crippen molar-refractivity contribution in [1.29, 1.82) is 0 Å². The summed E-state index contributed by atoms with van der Waals surface area (Å²) in [5, 5.41) is 12.1. The molecule has 0 spiro atoms. The van der Waals surface area contributed by atoms with Gasteiger partial charge in [-0.3, -0.25) is 14.5 Å². The Morgan fingerprint density at radius 2 is 1.79 bits per heavy atom. The van der Waals surface area contributed by atoms with E-state index in [-0.39, 0.29) is 11.3 Å². The molecule has 1 aromatic heterocycles. The molecule has 1 aliphatic heterocycles. The lowest BCUT2D eigenvalue weighted by molar-refractivity contribution is -0.132. The Morgan fingerprint density at radius 3 is 2.47 bits per heavy atom. The van der Waals surface area contributed by atoms with E-state index >= 15 is 0 Å². The number of aryl methyl sites for hydroxylation is 1. The Hall–Kier alpha value is -3.00. The van der Waals surface area contributed by atoms with Crippen LogP contribution >= 0.6 is 38.9 Å². The van der Waals surface area contributed by atoms with Gasteiger partial charge in [0.2, 0.25) is 0 Å². The molecule has 0 bridgehead atoms. The first-order chi connectivity index (χ1) is 16.4. The lowest BCUT2D eigenvalue weighted by Gasteiger charge is -2.23. The quantitative estimate of drug-likeness (QED) is 0.169. The summed E-state index contributed by atoms with van der Waals surface area (Å²) >= 11 is 10.8. The Kier molecular flexibility index (Phi) is 6.02. The topological polar surface area (TPSA) is 70.5 Å². The van der Waals surface area contributed by atoms with Gasteiger partial charge in [0.1, 0.15) is 5.76 Å². The average molecular weight is 554 g/mol. The third-order valence-electron chi connectivity index (χ3n) is 5.80. The summed E-state index contributed by atoms with van der Waals surface area (Å²) in [6, 6.07) is 19.0. The summed E-state index contributed by atoms with van der Waals surface area (Å²) in [5.41, 5.74) is 3.03. The van der Waals surface area contributed by atoms with E-state index in [1.807, 2.05) is 36.4 Å². The van der Waals surface area contributed by atoms with Crippen molar-refractivity contribution in [1.82, 2.24) is 4.98 Å². The zero-order chi connectivity index (χ0) is 24.0. The van der Waals surface area contributed by atoms with Gasteiger partial charge in [0, 0.05) is 15.1 Å². The number of nitrogens with zero attached hydrogens (tertiary/aromatic N) is 2. The minimum atomic E-state index is -0.824. The van der Waals surface area contributed by atoms with Gasteiger partial charge in [-0.25, -0.2) is 4.98 Å². The summed E-state index contributed by atoms with van der Waals surface area (Å²) in [7, 11) is 0. The molecule has 1 aliphatic rings. The highest BCUT2D eigenvalue weighted by atomic mass is 79.9. The van der Waals surface area contributed by atoms with Gasteiger partial charge in [0.05, 0.1) is 21.8 Å². The second kappa shape index (κ2) is 8.98. The number of carbonyl (C=O) groups excluding carboxylic acids is 2. The molecule has 2 heterocycles. The van der Waals surface area contributed by atoms with Gasteiger partial charge in [0.25, 0.3) is 5.78 Å². The van der Waals surface area contributed by atoms with Crippen molar-refractivity contribution in [2.75, 3.05) is 4.90 Å². The maximum absolute atomic E-state index is 13.3. The number of fused-ring (bicyclic) bond motifs is 1. The van der Waals surface area contributed by atoms with E-state index in [0.29, 0.717) is 21.3 Å². The number of aromatic nitrogens is 1. The molecule has 0 radical (unpaired) electrons. The molecule has 1 saturated heterocycles. The fourth-order valence-electron chi connectivity index (χ4n) is 4.03. The summed E-state index contributed by atoms with van der Waals surface area (Å²) in [4.78, 5) is 32.7. The normalized spacial score (nSPS) is 17.6. The third kappa shape index (κ3) is 3.94. The number of Topliss-reactive ketones (excluding diaryl/α,β-unsaturated/α-hetero) is 1. The molecule has 170 valence electrons. The molecule has 5 nitrogen and oxygen atoms in total. The molecule has 1 N–H and O–H groups in total. The van der Waals surface area contributed by atoms with Crippen molar-refractivity contribution < 1.29 is 14.7 Å². The number of hydrogen-bond acceptors (Lipinski definition) is 5. The monoisotopic (exact) mass is 552 g/mol. The van der Waals surface area contributed by atoms with E-state index in [1.54, 1.807) is 24.3 Å². The largest absolute Gasteiger partial charge is 0.507 e. The van der Waals surface area contributed by atoms with Crippen molar-refractivity contribution in [3.05, 3.63) is 98.5 Å². The Morgan fingerprint density at radius 1 is 1.09 bits per heavy atom. The van der Waals surface area contributed by atoms with Crippen LogP contribution in [0.3, 0.4) is 0 Å². The molecule has 0 saturated carbocycles. The van der Waals surface area contributed by atoms with Crippen LogP contribution in [0.4, 0.5) is 5.13 Å². The fraction of sp³-hybridized carbons (Fsp3) is 0.115. The number of thiazole rings is 1. The molecule has 8 heteroatoms. The number of amides is 1. The van der Waals surface area contributed by atoms with Crippen molar-refractivity contribution in [3.8, 4) is 0 Å². The van der Waals surface area contributed by atoms with Crippen LogP contribution < -0.4 is 4.90 Å². The number of halogens is 2. The van der Waals surface area contributed by atoms with Gasteiger partial charge in [-0.2, -0.15) is 0 Å². The first-order valence-corrected chi connectivity index (χ1v) is 12.6. The van der Waals surface area contributed by atoms with E-state index in [2.05, 4.69) is 33.9 Å². The zero-order valence-corrected chi connectivity index (χ0v) is 21.1. The lowest BCUT2D eigenvalue weighted by Crippen LogP contribution is -2.29.